The van der Waals surface area contributed by atoms with Crippen LogP contribution >= 0.6 is 0 Å². The highest BCUT2D eigenvalue weighted by Crippen LogP contribution is 2.32. The SMILES string of the molecule is C=C(C(C)=O)c1cc(OC)c(C)cc1OC. The lowest BCUT2D eigenvalue weighted by molar-refractivity contribution is -0.111. The summed E-state index contributed by atoms with van der Waals surface area (Å²) in [6.07, 6.45) is 0. The first-order valence-corrected chi connectivity index (χ1v) is 4.94. The Hall–Kier alpha value is -1.77. The average molecular weight is 220 g/mol. The summed E-state index contributed by atoms with van der Waals surface area (Å²) in [7, 11) is 3.16. The minimum absolute atomic E-state index is 0.0794. The molecule has 0 aliphatic rings. The second kappa shape index (κ2) is 4.84. The molecule has 0 aromatic heterocycles. The van der Waals surface area contributed by atoms with Gasteiger partial charge in [0, 0.05) is 11.1 Å². The van der Waals surface area contributed by atoms with Crippen molar-refractivity contribution in [2.75, 3.05) is 14.2 Å². The van der Waals surface area contributed by atoms with E-state index in [0.717, 1.165) is 11.3 Å². The van der Waals surface area contributed by atoms with Crippen LogP contribution in [0.25, 0.3) is 5.57 Å². The summed E-state index contributed by atoms with van der Waals surface area (Å²) < 4.78 is 10.4. The summed E-state index contributed by atoms with van der Waals surface area (Å²) in [6.45, 7) is 7.15. The van der Waals surface area contributed by atoms with E-state index >= 15 is 0 Å². The third-order valence-electron chi connectivity index (χ3n) is 2.47. The molecule has 0 heterocycles. The Morgan fingerprint density at radius 1 is 1.19 bits per heavy atom. The number of benzene rings is 1. The number of aryl methyl sites for hydroxylation is 1. The maximum Gasteiger partial charge on any atom is 0.159 e. The van der Waals surface area contributed by atoms with E-state index in [1.165, 1.54) is 6.92 Å². The van der Waals surface area contributed by atoms with Crippen LogP contribution in [0.5, 0.6) is 11.5 Å². The lowest BCUT2D eigenvalue weighted by atomic mass is 10.0. The highest BCUT2D eigenvalue weighted by Gasteiger charge is 2.13. The van der Waals surface area contributed by atoms with Gasteiger partial charge in [0.2, 0.25) is 0 Å². The number of hydrogen-bond donors (Lipinski definition) is 0. The van der Waals surface area contributed by atoms with Gasteiger partial charge in [0.25, 0.3) is 0 Å². The summed E-state index contributed by atoms with van der Waals surface area (Å²) in [5.74, 6) is 1.28. The molecule has 0 saturated carbocycles. The van der Waals surface area contributed by atoms with Crippen molar-refractivity contribution in [1.29, 1.82) is 0 Å². The molecule has 3 heteroatoms. The normalized spacial score (nSPS) is 9.75. The Kier molecular flexibility index (Phi) is 3.72. The van der Waals surface area contributed by atoms with E-state index in [1.54, 1.807) is 20.3 Å². The van der Waals surface area contributed by atoms with Crippen LogP contribution in [0.4, 0.5) is 0 Å². The number of carbonyl (C=O) groups excluding carboxylic acids is 1. The molecule has 0 aliphatic carbocycles. The van der Waals surface area contributed by atoms with Gasteiger partial charge in [-0.3, -0.25) is 4.79 Å². The van der Waals surface area contributed by atoms with Crippen LogP contribution < -0.4 is 9.47 Å². The van der Waals surface area contributed by atoms with Crippen LogP contribution in [0, 0.1) is 6.92 Å². The van der Waals surface area contributed by atoms with Gasteiger partial charge in [-0.05, 0) is 31.5 Å². The Morgan fingerprint density at radius 2 is 1.75 bits per heavy atom. The van der Waals surface area contributed by atoms with E-state index in [0.29, 0.717) is 16.9 Å². The molecule has 1 aromatic carbocycles. The molecular formula is C13H16O3. The predicted octanol–water partition coefficient (Wildman–Crippen LogP) is 2.61. The number of allylic oxidation sites excluding steroid dienone is 1. The van der Waals surface area contributed by atoms with Gasteiger partial charge < -0.3 is 9.47 Å². The number of ketones is 1. The molecule has 0 atom stereocenters. The zero-order valence-electron chi connectivity index (χ0n) is 10.1. The molecule has 86 valence electrons. The fourth-order valence-electron chi connectivity index (χ4n) is 1.48. The van der Waals surface area contributed by atoms with Crippen LogP contribution in [0.3, 0.4) is 0 Å². The zero-order valence-corrected chi connectivity index (χ0v) is 10.1. The molecule has 0 unspecified atom stereocenters. The second-order valence-electron chi connectivity index (χ2n) is 3.56. The van der Waals surface area contributed by atoms with Crippen molar-refractivity contribution >= 4 is 11.4 Å². The van der Waals surface area contributed by atoms with Gasteiger partial charge in [0.1, 0.15) is 11.5 Å². The van der Waals surface area contributed by atoms with E-state index < -0.39 is 0 Å². The van der Waals surface area contributed by atoms with Crippen molar-refractivity contribution < 1.29 is 14.3 Å². The Labute approximate surface area is 95.7 Å². The quantitative estimate of drug-likeness (QED) is 0.732. The minimum atomic E-state index is -0.0794. The maximum atomic E-state index is 11.3. The van der Waals surface area contributed by atoms with Crippen molar-refractivity contribution in [3.05, 3.63) is 29.8 Å². The first-order chi connectivity index (χ1) is 7.51. The molecule has 16 heavy (non-hydrogen) atoms. The number of carbonyl (C=O) groups is 1. The van der Waals surface area contributed by atoms with Crippen LogP contribution in [-0.2, 0) is 4.79 Å². The molecular weight excluding hydrogens is 204 g/mol. The number of Topliss-reactive ketones (excluding diaryl/α,β-unsaturated/α-hetero) is 1. The number of hydrogen-bond acceptors (Lipinski definition) is 3. The summed E-state index contributed by atoms with van der Waals surface area (Å²) in [5, 5.41) is 0. The Balaban J connectivity index is 3.35. The lowest BCUT2D eigenvalue weighted by Gasteiger charge is -2.13. The molecule has 0 amide bonds. The van der Waals surface area contributed by atoms with E-state index in [2.05, 4.69) is 6.58 Å². The number of ether oxygens (including phenoxy) is 2. The van der Waals surface area contributed by atoms with Gasteiger partial charge in [-0.25, -0.2) is 0 Å². The predicted molar refractivity (Wildman–Crippen MR) is 64.0 cm³/mol. The van der Waals surface area contributed by atoms with E-state index in [-0.39, 0.29) is 5.78 Å². The maximum absolute atomic E-state index is 11.3. The number of rotatable bonds is 4. The van der Waals surface area contributed by atoms with Crippen molar-refractivity contribution in [3.8, 4) is 11.5 Å². The van der Waals surface area contributed by atoms with E-state index in [1.807, 2.05) is 13.0 Å². The highest BCUT2D eigenvalue weighted by atomic mass is 16.5. The largest absolute Gasteiger partial charge is 0.496 e. The lowest BCUT2D eigenvalue weighted by Crippen LogP contribution is -2.00. The summed E-state index contributed by atoms with van der Waals surface area (Å²) in [6, 6.07) is 3.61. The molecule has 0 spiro atoms. The van der Waals surface area contributed by atoms with Gasteiger partial charge in [-0.15, -0.1) is 0 Å². The molecule has 0 aliphatic heterocycles. The highest BCUT2D eigenvalue weighted by molar-refractivity contribution is 6.19. The zero-order chi connectivity index (χ0) is 12.3. The van der Waals surface area contributed by atoms with Crippen molar-refractivity contribution in [3.63, 3.8) is 0 Å². The average Bonchev–Trinajstić information content (AvgIpc) is 2.27. The van der Waals surface area contributed by atoms with Crippen molar-refractivity contribution in [2.45, 2.75) is 13.8 Å². The molecule has 0 radical (unpaired) electrons. The summed E-state index contributed by atoms with van der Waals surface area (Å²) >= 11 is 0. The molecule has 0 bridgehead atoms. The van der Waals surface area contributed by atoms with Crippen LogP contribution in [0.2, 0.25) is 0 Å². The van der Waals surface area contributed by atoms with E-state index in [4.69, 9.17) is 9.47 Å². The third kappa shape index (κ3) is 2.24. The van der Waals surface area contributed by atoms with Crippen molar-refractivity contribution in [1.82, 2.24) is 0 Å². The van der Waals surface area contributed by atoms with Crippen LogP contribution in [0.1, 0.15) is 18.1 Å². The Bertz CT molecular complexity index is 433. The minimum Gasteiger partial charge on any atom is -0.496 e. The monoisotopic (exact) mass is 220 g/mol. The topological polar surface area (TPSA) is 35.5 Å². The van der Waals surface area contributed by atoms with Gasteiger partial charge in [-0.2, -0.15) is 0 Å². The smallest absolute Gasteiger partial charge is 0.159 e. The summed E-state index contributed by atoms with van der Waals surface area (Å²) in [5.41, 5.74) is 2.06. The van der Waals surface area contributed by atoms with Crippen LogP contribution in [-0.4, -0.2) is 20.0 Å². The fraction of sp³-hybridized carbons (Fsp3) is 0.308. The third-order valence-corrected chi connectivity index (χ3v) is 2.47. The number of methoxy groups -OCH3 is 2. The molecule has 0 N–H and O–H groups in total. The first-order valence-electron chi connectivity index (χ1n) is 4.94. The van der Waals surface area contributed by atoms with Gasteiger partial charge in [0.05, 0.1) is 14.2 Å². The molecule has 0 saturated heterocycles. The Morgan fingerprint density at radius 3 is 2.19 bits per heavy atom. The first kappa shape index (κ1) is 12.3. The molecule has 1 rings (SSSR count). The van der Waals surface area contributed by atoms with Crippen molar-refractivity contribution in [2.24, 2.45) is 0 Å². The van der Waals surface area contributed by atoms with Crippen LogP contribution in [0.15, 0.2) is 18.7 Å². The molecule has 1 aromatic rings. The fourth-order valence-corrected chi connectivity index (χ4v) is 1.48. The molecule has 0 fully saturated rings. The van der Waals surface area contributed by atoms with Gasteiger partial charge in [-0.1, -0.05) is 6.58 Å². The van der Waals surface area contributed by atoms with Gasteiger partial charge >= 0.3 is 0 Å². The van der Waals surface area contributed by atoms with E-state index in [9.17, 15) is 4.79 Å². The summed E-state index contributed by atoms with van der Waals surface area (Å²) in [4.78, 5) is 11.3. The van der Waals surface area contributed by atoms with Gasteiger partial charge in [0.15, 0.2) is 5.78 Å². The standard InChI is InChI=1S/C13H16O3/c1-8-6-13(16-5)11(7-12(8)15-4)9(2)10(3)14/h6-7H,2H2,1,3-5H3. The molecule has 3 nitrogen and oxygen atoms in total. The second-order valence-corrected chi connectivity index (χ2v) is 3.56.